The first-order valence-electron chi connectivity index (χ1n) is 13.5. The fraction of sp³-hybridized carbons (Fsp3) is 0.312. The number of pyridine rings is 1. The molecule has 5 rings (SSSR count). The highest BCUT2D eigenvalue weighted by Gasteiger charge is 2.27. The fourth-order valence-electron chi connectivity index (χ4n) is 5.09. The Bertz CT molecular complexity index is 1380. The van der Waals surface area contributed by atoms with Crippen LogP contribution >= 0.6 is 0 Å². The maximum atomic E-state index is 15.0. The van der Waals surface area contributed by atoms with Gasteiger partial charge in [-0.3, -0.25) is 9.78 Å². The Labute approximate surface area is 223 Å². The van der Waals surface area contributed by atoms with Crippen LogP contribution in [0.3, 0.4) is 0 Å². The average Bonchev–Trinajstić information content (AvgIpc) is 2.89. The van der Waals surface area contributed by atoms with Gasteiger partial charge in [0.2, 0.25) is 5.91 Å². The third kappa shape index (κ3) is 6.56. The van der Waals surface area contributed by atoms with Crippen molar-refractivity contribution < 1.29 is 9.18 Å². The Balaban J connectivity index is 1.14. The van der Waals surface area contributed by atoms with Crippen LogP contribution in [0.4, 0.5) is 10.1 Å². The fourth-order valence-corrected chi connectivity index (χ4v) is 5.09. The van der Waals surface area contributed by atoms with E-state index in [9.17, 15) is 4.79 Å². The number of nitrogens with one attached hydrogen (secondary N) is 3. The van der Waals surface area contributed by atoms with Crippen LogP contribution in [0.5, 0.6) is 0 Å². The number of hydrogen-bond donors (Lipinski definition) is 3. The van der Waals surface area contributed by atoms with E-state index in [4.69, 9.17) is 0 Å². The van der Waals surface area contributed by atoms with Crippen LogP contribution in [0, 0.1) is 17.7 Å². The third-order valence-corrected chi connectivity index (χ3v) is 7.56. The molecular formula is C32H35FN4O. The van der Waals surface area contributed by atoms with E-state index in [0.717, 1.165) is 47.4 Å². The molecule has 0 spiro atoms. The molecule has 3 aromatic carbocycles. The van der Waals surface area contributed by atoms with Crippen LogP contribution in [0.15, 0.2) is 79.0 Å². The van der Waals surface area contributed by atoms with E-state index in [1.165, 1.54) is 24.8 Å². The van der Waals surface area contributed by atoms with Crippen molar-refractivity contribution in [1.29, 1.82) is 0 Å². The molecule has 1 saturated carbocycles. The molecule has 196 valence electrons. The van der Waals surface area contributed by atoms with Crippen molar-refractivity contribution in [1.82, 2.24) is 15.6 Å². The van der Waals surface area contributed by atoms with Crippen LogP contribution in [-0.4, -0.2) is 24.0 Å². The lowest BCUT2D eigenvalue weighted by Crippen LogP contribution is -2.37. The summed E-state index contributed by atoms with van der Waals surface area (Å²) >= 11 is 0. The van der Waals surface area contributed by atoms with E-state index in [0.29, 0.717) is 23.9 Å². The molecule has 0 saturated heterocycles. The zero-order valence-electron chi connectivity index (χ0n) is 21.8. The van der Waals surface area contributed by atoms with Gasteiger partial charge in [-0.25, -0.2) is 4.39 Å². The molecule has 4 aromatic rings. The predicted octanol–water partition coefficient (Wildman–Crippen LogP) is 6.30. The third-order valence-electron chi connectivity index (χ3n) is 7.56. The first kappa shape index (κ1) is 25.9. The molecule has 1 aliphatic rings. The summed E-state index contributed by atoms with van der Waals surface area (Å²) in [5, 5.41) is 11.0. The molecule has 1 amide bonds. The molecule has 1 unspecified atom stereocenters. The first-order chi connectivity index (χ1) is 18.5. The van der Waals surface area contributed by atoms with E-state index >= 15 is 4.39 Å². The molecule has 1 aliphatic carbocycles. The molecule has 0 aliphatic heterocycles. The summed E-state index contributed by atoms with van der Waals surface area (Å²) in [4.78, 5) is 15.7. The summed E-state index contributed by atoms with van der Waals surface area (Å²) in [5.41, 5.74) is 5.58. The number of amides is 1. The highest BCUT2D eigenvalue weighted by atomic mass is 19.1. The molecule has 0 radical (unpaired) electrons. The Hall–Kier alpha value is -3.77. The van der Waals surface area contributed by atoms with Crippen molar-refractivity contribution in [2.45, 2.75) is 39.3 Å². The normalized spacial score (nSPS) is 14.2. The largest absolute Gasteiger partial charge is 0.385 e. The van der Waals surface area contributed by atoms with Crippen molar-refractivity contribution in [3.8, 4) is 11.1 Å². The molecule has 3 N–H and O–H groups in total. The minimum absolute atomic E-state index is 0.00536. The Kier molecular flexibility index (Phi) is 8.29. The lowest BCUT2D eigenvalue weighted by molar-refractivity contribution is -0.119. The molecule has 1 fully saturated rings. The second-order valence-corrected chi connectivity index (χ2v) is 10.3. The van der Waals surface area contributed by atoms with Crippen LogP contribution < -0.4 is 16.0 Å². The molecule has 1 atom stereocenters. The molecule has 0 bridgehead atoms. The SMILES string of the molecule is CC(=O)NCC(CNc1ccc(-c2ccc(CNCc3ccc4ncccc4c3)cc2)c(F)c1)C1CCC1. The van der Waals surface area contributed by atoms with Gasteiger partial charge < -0.3 is 16.0 Å². The van der Waals surface area contributed by atoms with Crippen LogP contribution in [0.2, 0.25) is 0 Å². The molecule has 5 nitrogen and oxygen atoms in total. The number of carbonyl (C=O) groups is 1. The molecule has 6 heteroatoms. The van der Waals surface area contributed by atoms with E-state index in [2.05, 4.69) is 45.2 Å². The highest BCUT2D eigenvalue weighted by Crippen LogP contribution is 2.34. The number of benzene rings is 3. The molecule has 1 aromatic heterocycles. The van der Waals surface area contributed by atoms with Gasteiger partial charge in [0.15, 0.2) is 0 Å². The van der Waals surface area contributed by atoms with Gasteiger partial charge in [-0.2, -0.15) is 0 Å². The Morgan fingerprint density at radius 2 is 1.76 bits per heavy atom. The lowest BCUT2D eigenvalue weighted by Gasteiger charge is -2.34. The van der Waals surface area contributed by atoms with Crippen LogP contribution in [0.1, 0.15) is 37.3 Å². The van der Waals surface area contributed by atoms with E-state index in [1.807, 2.05) is 48.7 Å². The minimum Gasteiger partial charge on any atom is -0.385 e. The van der Waals surface area contributed by atoms with Gasteiger partial charge in [0.05, 0.1) is 5.52 Å². The number of hydrogen-bond acceptors (Lipinski definition) is 4. The van der Waals surface area contributed by atoms with Gasteiger partial charge in [-0.15, -0.1) is 0 Å². The standard InChI is InChI=1S/C32H35FN4O/c1-22(38)36-20-28(25-4-2-5-25)21-37-29-12-13-30(31(33)17-29)26-10-7-23(8-11-26)18-34-19-24-9-14-32-27(16-24)6-3-15-35-32/h3,6-17,25,28,34,37H,2,4-5,18-21H2,1H3,(H,36,38). The van der Waals surface area contributed by atoms with Gasteiger partial charge in [-0.05, 0) is 64.9 Å². The summed E-state index contributed by atoms with van der Waals surface area (Å²) in [5.74, 6) is 0.731. The average molecular weight is 511 g/mol. The van der Waals surface area contributed by atoms with Crippen LogP contribution in [0.25, 0.3) is 22.0 Å². The summed E-state index contributed by atoms with van der Waals surface area (Å²) in [6, 6.07) is 23.7. The maximum Gasteiger partial charge on any atom is 0.216 e. The second-order valence-electron chi connectivity index (χ2n) is 10.3. The van der Waals surface area contributed by atoms with Crippen molar-refractivity contribution in [3.63, 3.8) is 0 Å². The highest BCUT2D eigenvalue weighted by molar-refractivity contribution is 5.78. The zero-order chi connectivity index (χ0) is 26.3. The van der Waals surface area contributed by atoms with Crippen molar-refractivity contribution in [2.75, 3.05) is 18.4 Å². The van der Waals surface area contributed by atoms with Gasteiger partial charge in [0.1, 0.15) is 5.82 Å². The number of aromatic nitrogens is 1. The topological polar surface area (TPSA) is 66.1 Å². The number of fused-ring (bicyclic) bond motifs is 1. The Morgan fingerprint density at radius 3 is 2.50 bits per heavy atom. The van der Waals surface area contributed by atoms with E-state index in [1.54, 1.807) is 13.0 Å². The van der Waals surface area contributed by atoms with Gasteiger partial charge in [0, 0.05) is 55.9 Å². The van der Waals surface area contributed by atoms with Gasteiger partial charge >= 0.3 is 0 Å². The number of nitrogens with zero attached hydrogens (tertiary/aromatic N) is 1. The smallest absolute Gasteiger partial charge is 0.216 e. The molecule has 1 heterocycles. The predicted molar refractivity (Wildman–Crippen MR) is 152 cm³/mol. The minimum atomic E-state index is -0.242. The summed E-state index contributed by atoms with van der Waals surface area (Å²) in [7, 11) is 0. The number of carbonyl (C=O) groups excluding carboxylic acids is 1. The van der Waals surface area contributed by atoms with Crippen molar-refractivity contribution in [2.24, 2.45) is 11.8 Å². The maximum absolute atomic E-state index is 15.0. The monoisotopic (exact) mass is 510 g/mol. The van der Waals surface area contributed by atoms with Crippen molar-refractivity contribution >= 4 is 22.5 Å². The zero-order valence-corrected chi connectivity index (χ0v) is 21.8. The molecular weight excluding hydrogens is 475 g/mol. The summed E-state index contributed by atoms with van der Waals surface area (Å²) < 4.78 is 15.0. The second kappa shape index (κ2) is 12.2. The number of anilines is 1. The van der Waals surface area contributed by atoms with Gasteiger partial charge in [-0.1, -0.05) is 55.7 Å². The number of halogens is 1. The summed E-state index contributed by atoms with van der Waals surface area (Å²) in [6.07, 6.45) is 5.46. The summed E-state index contributed by atoms with van der Waals surface area (Å²) in [6.45, 7) is 4.43. The number of rotatable bonds is 11. The van der Waals surface area contributed by atoms with Crippen molar-refractivity contribution in [3.05, 3.63) is 95.9 Å². The quantitative estimate of drug-likeness (QED) is 0.222. The van der Waals surface area contributed by atoms with Gasteiger partial charge in [0.25, 0.3) is 0 Å². The molecule has 38 heavy (non-hydrogen) atoms. The van der Waals surface area contributed by atoms with E-state index in [-0.39, 0.29) is 11.7 Å². The van der Waals surface area contributed by atoms with E-state index < -0.39 is 0 Å². The lowest BCUT2D eigenvalue weighted by atomic mass is 9.75. The van der Waals surface area contributed by atoms with Crippen LogP contribution in [-0.2, 0) is 17.9 Å². The first-order valence-corrected chi connectivity index (χ1v) is 13.5. The Morgan fingerprint density at radius 1 is 0.974 bits per heavy atom.